The monoisotopic (exact) mass is 279 g/mol. The van der Waals surface area contributed by atoms with E-state index in [1.54, 1.807) is 0 Å². The zero-order valence-electron chi connectivity index (χ0n) is 10.4. The topological polar surface area (TPSA) is 49.8 Å². The third kappa shape index (κ3) is 2.33. The Hall–Kier alpha value is -1.52. The Labute approximate surface area is 116 Å². The minimum atomic E-state index is -0.890. The van der Waals surface area contributed by atoms with E-state index < -0.39 is 6.09 Å². The molecular formula is C14H14ClNO3. The van der Waals surface area contributed by atoms with Crippen LogP contribution >= 0.6 is 11.6 Å². The highest BCUT2D eigenvalue weighted by molar-refractivity contribution is 6.32. The number of ether oxygens (including phenoxy) is 1. The lowest BCUT2D eigenvalue weighted by atomic mass is 9.97. The van der Waals surface area contributed by atoms with Crippen molar-refractivity contribution in [1.29, 1.82) is 0 Å². The molecule has 0 saturated heterocycles. The minimum Gasteiger partial charge on any atom is -0.465 e. The number of carboxylic acid groups (broad SMARTS) is 1. The van der Waals surface area contributed by atoms with Crippen LogP contribution in [0.2, 0.25) is 5.02 Å². The van der Waals surface area contributed by atoms with Crippen molar-refractivity contribution in [3.8, 4) is 0 Å². The molecule has 2 aliphatic heterocycles. The van der Waals surface area contributed by atoms with Gasteiger partial charge < -0.3 is 9.84 Å². The quantitative estimate of drug-likeness (QED) is 0.859. The van der Waals surface area contributed by atoms with Crippen LogP contribution in [0.4, 0.5) is 4.79 Å². The largest absolute Gasteiger partial charge is 0.465 e. The molecule has 5 heteroatoms. The summed E-state index contributed by atoms with van der Waals surface area (Å²) in [5.41, 5.74) is 4.25. The summed E-state index contributed by atoms with van der Waals surface area (Å²) in [5.74, 6) is 0. The lowest BCUT2D eigenvalue weighted by Gasteiger charge is -2.16. The van der Waals surface area contributed by atoms with Gasteiger partial charge in [-0.25, -0.2) is 4.79 Å². The zero-order valence-corrected chi connectivity index (χ0v) is 11.1. The first-order chi connectivity index (χ1) is 9.15. The van der Waals surface area contributed by atoms with E-state index in [0.29, 0.717) is 31.3 Å². The van der Waals surface area contributed by atoms with Crippen molar-refractivity contribution in [2.24, 2.45) is 0 Å². The van der Waals surface area contributed by atoms with Gasteiger partial charge in [0.05, 0.1) is 13.2 Å². The summed E-state index contributed by atoms with van der Waals surface area (Å²) in [6.07, 6.45) is 2.00. The Bertz CT molecular complexity index is 568. The zero-order chi connectivity index (χ0) is 13.4. The minimum absolute atomic E-state index is 0.423. The van der Waals surface area contributed by atoms with E-state index >= 15 is 0 Å². The van der Waals surface area contributed by atoms with Crippen LogP contribution in [0.1, 0.15) is 23.1 Å². The maximum absolute atomic E-state index is 11.0. The number of benzene rings is 1. The van der Waals surface area contributed by atoms with Crippen molar-refractivity contribution < 1.29 is 14.6 Å². The Morgan fingerprint density at radius 1 is 1.32 bits per heavy atom. The van der Waals surface area contributed by atoms with Crippen LogP contribution in [0.5, 0.6) is 0 Å². The lowest BCUT2D eigenvalue weighted by Crippen LogP contribution is -2.22. The van der Waals surface area contributed by atoms with Gasteiger partial charge in [0.25, 0.3) is 0 Å². The molecule has 1 aromatic rings. The molecule has 100 valence electrons. The second kappa shape index (κ2) is 4.87. The van der Waals surface area contributed by atoms with E-state index in [2.05, 4.69) is 0 Å². The Morgan fingerprint density at radius 2 is 2.05 bits per heavy atom. The second-order valence-corrected chi connectivity index (χ2v) is 5.20. The maximum atomic E-state index is 11.0. The van der Waals surface area contributed by atoms with Crippen LogP contribution in [-0.4, -0.2) is 29.3 Å². The molecule has 0 unspecified atom stereocenters. The number of carbonyl (C=O) groups is 1. The summed E-state index contributed by atoms with van der Waals surface area (Å²) in [4.78, 5) is 12.4. The van der Waals surface area contributed by atoms with Crippen LogP contribution in [0.25, 0.3) is 5.57 Å². The molecule has 0 atom stereocenters. The van der Waals surface area contributed by atoms with E-state index in [1.807, 2.05) is 18.2 Å². The van der Waals surface area contributed by atoms with Gasteiger partial charge in [0.15, 0.2) is 0 Å². The highest BCUT2D eigenvalue weighted by atomic mass is 35.5. The average Bonchev–Trinajstić information content (AvgIpc) is 2.82. The molecule has 1 aromatic carbocycles. The third-order valence-electron chi connectivity index (χ3n) is 3.59. The van der Waals surface area contributed by atoms with E-state index in [1.165, 1.54) is 10.5 Å². The van der Waals surface area contributed by atoms with Crippen molar-refractivity contribution in [3.05, 3.63) is 39.9 Å². The number of hydrogen-bond donors (Lipinski definition) is 1. The summed E-state index contributed by atoms with van der Waals surface area (Å²) in [7, 11) is 0. The molecule has 1 amide bonds. The van der Waals surface area contributed by atoms with Crippen molar-refractivity contribution in [2.75, 3.05) is 13.2 Å². The van der Waals surface area contributed by atoms with Crippen LogP contribution in [0.15, 0.2) is 18.2 Å². The summed E-state index contributed by atoms with van der Waals surface area (Å²) >= 11 is 6.32. The van der Waals surface area contributed by atoms with Crippen LogP contribution in [0, 0.1) is 0 Å². The normalized spacial score (nSPS) is 18.2. The molecule has 0 saturated carbocycles. The first kappa shape index (κ1) is 12.5. The highest BCUT2D eigenvalue weighted by Crippen LogP contribution is 2.34. The summed E-state index contributed by atoms with van der Waals surface area (Å²) in [5, 5.41) is 9.73. The number of hydrogen-bond acceptors (Lipinski definition) is 2. The van der Waals surface area contributed by atoms with Crippen LogP contribution < -0.4 is 0 Å². The lowest BCUT2D eigenvalue weighted by molar-refractivity contribution is 0.145. The predicted octanol–water partition coefficient (Wildman–Crippen LogP) is 3.14. The maximum Gasteiger partial charge on any atom is 0.407 e. The number of amides is 1. The van der Waals surface area contributed by atoms with Gasteiger partial charge in [-0.05, 0) is 40.8 Å². The molecule has 1 N–H and O–H groups in total. The number of rotatable bonds is 1. The number of halogens is 1. The predicted molar refractivity (Wildman–Crippen MR) is 72.1 cm³/mol. The molecular weight excluding hydrogens is 266 g/mol. The SMILES string of the molecule is O=C(O)N1Cc2cc(Cl)c(C3=CCOCC3)cc2C1. The van der Waals surface area contributed by atoms with E-state index in [-0.39, 0.29) is 0 Å². The first-order valence-corrected chi connectivity index (χ1v) is 6.59. The molecule has 19 heavy (non-hydrogen) atoms. The standard InChI is InChI=1S/C14H14ClNO3/c15-13-6-11-8-16(14(17)18)7-10(11)5-12(13)9-1-3-19-4-2-9/h1,5-6H,2-4,7-8H2,(H,17,18). The van der Waals surface area contributed by atoms with Gasteiger partial charge in [0.2, 0.25) is 0 Å². The number of fused-ring (bicyclic) bond motifs is 1. The Balaban J connectivity index is 1.95. The van der Waals surface area contributed by atoms with Gasteiger partial charge in [-0.3, -0.25) is 4.90 Å². The van der Waals surface area contributed by atoms with E-state index in [0.717, 1.165) is 23.1 Å². The second-order valence-electron chi connectivity index (χ2n) is 4.79. The van der Waals surface area contributed by atoms with Gasteiger partial charge in [0.1, 0.15) is 0 Å². The molecule has 2 aliphatic rings. The van der Waals surface area contributed by atoms with Crippen LogP contribution in [-0.2, 0) is 17.8 Å². The molecule has 0 fully saturated rings. The molecule has 0 radical (unpaired) electrons. The number of nitrogens with zero attached hydrogens (tertiary/aromatic N) is 1. The fourth-order valence-electron chi connectivity index (χ4n) is 2.57. The fourth-order valence-corrected chi connectivity index (χ4v) is 2.88. The van der Waals surface area contributed by atoms with Gasteiger partial charge in [-0.15, -0.1) is 0 Å². The van der Waals surface area contributed by atoms with Crippen LogP contribution in [0.3, 0.4) is 0 Å². The van der Waals surface area contributed by atoms with E-state index in [9.17, 15) is 4.79 Å². The summed E-state index contributed by atoms with van der Waals surface area (Å²) in [6, 6.07) is 3.92. The van der Waals surface area contributed by atoms with Crippen molar-refractivity contribution in [3.63, 3.8) is 0 Å². The van der Waals surface area contributed by atoms with Gasteiger partial charge in [-0.2, -0.15) is 0 Å². The smallest absolute Gasteiger partial charge is 0.407 e. The first-order valence-electron chi connectivity index (χ1n) is 6.21. The Morgan fingerprint density at radius 3 is 2.68 bits per heavy atom. The third-order valence-corrected chi connectivity index (χ3v) is 3.90. The molecule has 0 aliphatic carbocycles. The fraction of sp³-hybridized carbons (Fsp3) is 0.357. The molecule has 2 heterocycles. The Kier molecular flexibility index (Phi) is 3.21. The van der Waals surface area contributed by atoms with Crippen molar-refractivity contribution >= 4 is 23.3 Å². The molecule has 0 aromatic heterocycles. The van der Waals surface area contributed by atoms with Gasteiger partial charge in [-0.1, -0.05) is 17.7 Å². The van der Waals surface area contributed by atoms with Crippen molar-refractivity contribution in [1.82, 2.24) is 4.90 Å². The average molecular weight is 280 g/mol. The molecule has 0 spiro atoms. The molecule has 4 nitrogen and oxygen atoms in total. The van der Waals surface area contributed by atoms with Gasteiger partial charge >= 0.3 is 6.09 Å². The van der Waals surface area contributed by atoms with Crippen molar-refractivity contribution in [2.45, 2.75) is 19.5 Å². The van der Waals surface area contributed by atoms with Gasteiger partial charge in [0, 0.05) is 18.1 Å². The summed E-state index contributed by atoms with van der Waals surface area (Å²) < 4.78 is 5.30. The van der Waals surface area contributed by atoms with E-state index in [4.69, 9.17) is 21.4 Å². The highest BCUT2D eigenvalue weighted by Gasteiger charge is 2.24. The molecule has 0 bridgehead atoms. The molecule has 3 rings (SSSR count). The summed E-state index contributed by atoms with van der Waals surface area (Å²) in [6.45, 7) is 2.19.